The largest absolute Gasteiger partial charge is 0.489 e. The van der Waals surface area contributed by atoms with Gasteiger partial charge in [-0.15, -0.1) is 11.8 Å². The number of fused-ring (bicyclic) bond motifs is 1. The summed E-state index contributed by atoms with van der Waals surface area (Å²) in [7, 11) is -3.66. The molecule has 0 unspecified atom stereocenters. The number of ether oxygens (including phenoxy) is 1. The van der Waals surface area contributed by atoms with Crippen molar-refractivity contribution in [2.24, 2.45) is 0 Å². The lowest BCUT2D eigenvalue weighted by molar-refractivity contribution is -0.135. The first-order valence-electron chi connectivity index (χ1n) is 11.2. The van der Waals surface area contributed by atoms with Crippen LogP contribution in [0.5, 0.6) is 5.75 Å². The van der Waals surface area contributed by atoms with E-state index in [1.165, 1.54) is 16.4 Å². The third-order valence-corrected chi connectivity index (χ3v) is 9.67. The van der Waals surface area contributed by atoms with E-state index in [0.717, 1.165) is 25.7 Å². The molecule has 2 atom stereocenters. The highest BCUT2D eigenvalue weighted by atomic mass is 32.2. The first kappa shape index (κ1) is 23.4. The van der Waals surface area contributed by atoms with Gasteiger partial charge in [0.25, 0.3) is 0 Å². The number of hydrogen-bond acceptors (Lipinski definition) is 6. The van der Waals surface area contributed by atoms with Crippen LogP contribution in [0, 0.1) is 0 Å². The summed E-state index contributed by atoms with van der Waals surface area (Å²) in [5.74, 6) is 0.586. The molecule has 0 saturated carbocycles. The van der Waals surface area contributed by atoms with Crippen LogP contribution in [0.25, 0.3) is 0 Å². The maximum Gasteiger partial charge on any atom is 0.248 e. The minimum absolute atomic E-state index is 0.0160. The SMILES string of the molecule is CC(C)Oc1ccc(S(=O)(=O)N2CCCCC2)cc1NC(=O)[C@@H]1CS[C@]2(C)CCC(=O)N12. The molecule has 0 bridgehead atoms. The van der Waals surface area contributed by atoms with E-state index in [1.54, 1.807) is 22.7 Å². The number of carbonyl (C=O) groups is 2. The summed E-state index contributed by atoms with van der Waals surface area (Å²) >= 11 is 1.62. The second-order valence-corrected chi connectivity index (χ2v) is 12.5. The van der Waals surface area contributed by atoms with Gasteiger partial charge in [0.15, 0.2) is 0 Å². The Morgan fingerprint density at radius 1 is 1.25 bits per heavy atom. The number of anilines is 1. The van der Waals surface area contributed by atoms with E-state index in [4.69, 9.17) is 4.74 Å². The lowest BCUT2D eigenvalue weighted by Crippen LogP contribution is -2.48. The van der Waals surface area contributed by atoms with Crippen LogP contribution in [0.4, 0.5) is 5.69 Å². The molecular weight excluding hydrogens is 450 g/mol. The van der Waals surface area contributed by atoms with E-state index in [0.29, 0.717) is 36.7 Å². The molecule has 8 nitrogen and oxygen atoms in total. The normalized spacial score (nSPS) is 26.4. The number of sulfonamides is 1. The number of benzene rings is 1. The average molecular weight is 482 g/mol. The van der Waals surface area contributed by atoms with Crippen LogP contribution in [-0.2, 0) is 19.6 Å². The van der Waals surface area contributed by atoms with Crippen molar-refractivity contribution < 1.29 is 22.7 Å². The highest BCUT2D eigenvalue weighted by Crippen LogP contribution is 2.47. The summed E-state index contributed by atoms with van der Waals surface area (Å²) in [4.78, 5) is 27.1. The Bertz CT molecular complexity index is 1010. The summed E-state index contributed by atoms with van der Waals surface area (Å²) in [6.45, 7) is 6.74. The maximum atomic E-state index is 13.2. The Morgan fingerprint density at radius 2 is 1.97 bits per heavy atom. The van der Waals surface area contributed by atoms with E-state index in [1.807, 2.05) is 20.8 Å². The van der Waals surface area contributed by atoms with Crippen molar-refractivity contribution in [1.82, 2.24) is 9.21 Å². The molecule has 3 fully saturated rings. The maximum absolute atomic E-state index is 13.2. The van der Waals surface area contributed by atoms with Gasteiger partial charge in [-0.2, -0.15) is 4.31 Å². The Morgan fingerprint density at radius 3 is 2.66 bits per heavy atom. The van der Waals surface area contributed by atoms with Gasteiger partial charge in [-0.3, -0.25) is 9.59 Å². The fourth-order valence-corrected chi connectivity index (χ4v) is 7.58. The molecule has 4 rings (SSSR count). The van der Waals surface area contributed by atoms with Gasteiger partial charge in [-0.1, -0.05) is 6.42 Å². The molecule has 3 saturated heterocycles. The summed E-state index contributed by atoms with van der Waals surface area (Å²) in [5, 5.41) is 2.87. The van der Waals surface area contributed by atoms with Gasteiger partial charge in [0.05, 0.1) is 21.6 Å². The quantitative estimate of drug-likeness (QED) is 0.671. The Kier molecular flexibility index (Phi) is 6.48. The van der Waals surface area contributed by atoms with Crippen LogP contribution >= 0.6 is 11.8 Å². The van der Waals surface area contributed by atoms with Crippen LogP contribution in [0.3, 0.4) is 0 Å². The van der Waals surface area contributed by atoms with Crippen LogP contribution < -0.4 is 10.1 Å². The van der Waals surface area contributed by atoms with E-state index in [9.17, 15) is 18.0 Å². The molecule has 0 aromatic heterocycles. The zero-order valence-corrected chi connectivity index (χ0v) is 20.4. The van der Waals surface area contributed by atoms with Gasteiger partial charge in [0.1, 0.15) is 11.8 Å². The third kappa shape index (κ3) is 4.36. The molecule has 3 heterocycles. The van der Waals surface area contributed by atoms with Crippen LogP contribution in [-0.4, -0.2) is 65.3 Å². The molecule has 176 valence electrons. The number of nitrogens with zero attached hydrogens (tertiary/aromatic N) is 2. The van der Waals surface area contributed by atoms with Crippen molar-refractivity contribution in [3.05, 3.63) is 18.2 Å². The highest BCUT2D eigenvalue weighted by molar-refractivity contribution is 8.01. The first-order chi connectivity index (χ1) is 15.1. The van der Waals surface area contributed by atoms with Crippen molar-refractivity contribution >= 4 is 39.3 Å². The molecule has 3 aliphatic heterocycles. The number of rotatable bonds is 6. The number of piperidine rings is 1. The van der Waals surface area contributed by atoms with E-state index >= 15 is 0 Å². The van der Waals surface area contributed by atoms with Gasteiger partial charge in [-0.25, -0.2) is 8.42 Å². The van der Waals surface area contributed by atoms with Crippen molar-refractivity contribution in [3.8, 4) is 5.75 Å². The van der Waals surface area contributed by atoms with Gasteiger partial charge in [-0.05, 0) is 58.2 Å². The third-order valence-electron chi connectivity index (χ3n) is 6.27. The number of hydrogen-bond donors (Lipinski definition) is 1. The smallest absolute Gasteiger partial charge is 0.248 e. The minimum Gasteiger partial charge on any atom is -0.489 e. The van der Waals surface area contributed by atoms with E-state index < -0.39 is 16.1 Å². The van der Waals surface area contributed by atoms with Crippen molar-refractivity contribution in [3.63, 3.8) is 0 Å². The van der Waals surface area contributed by atoms with Crippen LogP contribution in [0.2, 0.25) is 0 Å². The Labute approximate surface area is 194 Å². The van der Waals surface area contributed by atoms with Crippen LogP contribution in [0.1, 0.15) is 52.9 Å². The molecule has 0 aliphatic carbocycles. The predicted octanol–water partition coefficient (Wildman–Crippen LogP) is 3.04. The lowest BCUT2D eigenvalue weighted by atomic mass is 10.2. The average Bonchev–Trinajstić information content (AvgIpc) is 3.25. The molecule has 32 heavy (non-hydrogen) atoms. The summed E-state index contributed by atoms with van der Waals surface area (Å²) in [5.41, 5.74) is 0.312. The van der Waals surface area contributed by atoms with Crippen molar-refractivity contribution in [1.29, 1.82) is 0 Å². The topological polar surface area (TPSA) is 96.0 Å². The molecule has 1 N–H and O–H groups in total. The highest BCUT2D eigenvalue weighted by Gasteiger charge is 2.53. The summed E-state index contributed by atoms with van der Waals surface area (Å²) in [6, 6.07) is 4.02. The van der Waals surface area contributed by atoms with E-state index in [-0.39, 0.29) is 27.7 Å². The Balaban J connectivity index is 1.62. The predicted molar refractivity (Wildman–Crippen MR) is 124 cm³/mol. The second kappa shape index (κ2) is 8.87. The van der Waals surface area contributed by atoms with Gasteiger partial charge in [0.2, 0.25) is 21.8 Å². The molecule has 1 aromatic carbocycles. The molecule has 0 radical (unpaired) electrons. The monoisotopic (exact) mass is 481 g/mol. The summed E-state index contributed by atoms with van der Waals surface area (Å²) < 4.78 is 33.7. The van der Waals surface area contributed by atoms with Crippen molar-refractivity contribution in [2.75, 3.05) is 24.2 Å². The van der Waals surface area contributed by atoms with Crippen molar-refractivity contribution in [2.45, 2.75) is 74.8 Å². The number of carbonyl (C=O) groups excluding carboxylic acids is 2. The molecule has 3 aliphatic rings. The van der Waals surface area contributed by atoms with Gasteiger partial charge >= 0.3 is 0 Å². The Hall–Kier alpha value is -1.78. The standard InChI is InChI=1S/C22H31N3O5S2/c1-15(2)30-19-8-7-16(32(28,29)24-11-5-4-6-12-24)13-17(19)23-21(27)18-14-31-22(3)10-9-20(26)25(18)22/h7-8,13,15,18H,4-6,9-12,14H2,1-3H3,(H,23,27)/t18-,22+/m0/s1. The zero-order chi connectivity index (χ0) is 23.1. The van der Waals surface area contributed by atoms with Gasteiger partial charge in [0, 0.05) is 25.3 Å². The number of nitrogens with one attached hydrogen (secondary N) is 1. The zero-order valence-electron chi connectivity index (χ0n) is 18.8. The number of amides is 2. The fraction of sp³-hybridized carbons (Fsp3) is 0.636. The molecule has 0 spiro atoms. The molecule has 1 aromatic rings. The fourth-order valence-electron chi connectivity index (χ4n) is 4.61. The second-order valence-electron chi connectivity index (χ2n) is 9.04. The van der Waals surface area contributed by atoms with Gasteiger partial charge < -0.3 is 15.0 Å². The van der Waals surface area contributed by atoms with E-state index in [2.05, 4.69) is 5.32 Å². The first-order valence-corrected chi connectivity index (χ1v) is 13.6. The molecule has 10 heteroatoms. The summed E-state index contributed by atoms with van der Waals surface area (Å²) in [6.07, 6.45) is 3.74. The number of thioether (sulfide) groups is 1. The molecule has 2 amide bonds. The van der Waals surface area contributed by atoms with Crippen LogP contribution in [0.15, 0.2) is 23.1 Å². The molecular formula is C22H31N3O5S2. The minimum atomic E-state index is -3.66. The lowest BCUT2D eigenvalue weighted by Gasteiger charge is -2.30.